The molecule has 1 amide bonds. The number of halogens is 1. The molecular weight excluding hydrogens is 452 g/mol. The number of rotatable bonds is 5. The lowest BCUT2D eigenvalue weighted by atomic mass is 9.94. The normalized spacial score (nSPS) is 18.3. The lowest BCUT2D eigenvalue weighted by Gasteiger charge is -2.30. The largest absolute Gasteiger partial charge is 0.462 e. The van der Waals surface area contributed by atoms with E-state index in [4.69, 9.17) is 21.2 Å². The van der Waals surface area contributed by atoms with E-state index in [2.05, 4.69) is 11.2 Å². The fraction of sp³-hybridized carbons (Fsp3) is 0.519. The maximum absolute atomic E-state index is 12.9. The van der Waals surface area contributed by atoms with Crippen LogP contribution in [0.3, 0.4) is 0 Å². The predicted octanol–water partition coefficient (Wildman–Crippen LogP) is 5.97. The van der Waals surface area contributed by atoms with Crippen molar-refractivity contribution in [3.63, 3.8) is 0 Å². The second-order valence-electron chi connectivity index (χ2n) is 9.07. The number of nitrogens with zero attached hydrogens (tertiary/aromatic N) is 2. The lowest BCUT2D eigenvalue weighted by Crippen LogP contribution is -2.43. The van der Waals surface area contributed by atoms with E-state index in [1.54, 1.807) is 4.90 Å². The monoisotopic (exact) mass is 488 g/mol. The molecule has 0 N–H and O–H groups in total. The number of allylic oxidation sites excluding steroid dienone is 3. The van der Waals surface area contributed by atoms with Gasteiger partial charge in [0.1, 0.15) is 0 Å². The average Bonchev–Trinajstić information content (AvgIpc) is 2.74. The molecule has 0 radical (unpaired) electrons. The predicted molar refractivity (Wildman–Crippen MR) is 138 cm³/mol. The van der Waals surface area contributed by atoms with E-state index in [0.717, 1.165) is 24.0 Å². The molecule has 0 saturated heterocycles. The fourth-order valence-corrected chi connectivity index (χ4v) is 4.37. The zero-order chi connectivity index (χ0) is 25.3. The van der Waals surface area contributed by atoms with Crippen LogP contribution in [0.15, 0.2) is 35.5 Å². The Morgan fingerprint density at radius 1 is 1.09 bits per heavy atom. The van der Waals surface area contributed by atoms with Gasteiger partial charge in [-0.2, -0.15) is 0 Å². The Morgan fingerprint density at radius 2 is 1.74 bits per heavy atom. The number of oxime groups is 1. The van der Waals surface area contributed by atoms with E-state index in [1.807, 2.05) is 65.8 Å². The van der Waals surface area contributed by atoms with Gasteiger partial charge in [-0.1, -0.05) is 41.1 Å². The van der Waals surface area contributed by atoms with Crippen LogP contribution in [-0.2, 0) is 20.8 Å². The van der Waals surface area contributed by atoms with E-state index < -0.39 is 5.97 Å². The van der Waals surface area contributed by atoms with Crippen molar-refractivity contribution in [3.8, 4) is 0 Å². The molecule has 0 atom stereocenters. The second-order valence-corrected chi connectivity index (χ2v) is 9.45. The Kier molecular flexibility index (Phi) is 10.8. The van der Waals surface area contributed by atoms with Gasteiger partial charge in [-0.15, -0.1) is 0 Å². The van der Waals surface area contributed by atoms with Gasteiger partial charge in [0.05, 0.1) is 17.9 Å². The SMILES string of the molecule is Cc1cc(C)c2c(c1Cl)CC(=N\OCC(=O)N(C(C)C)C(C)C)/C=C/CC/C=C/CCOC2=O. The fourth-order valence-electron chi connectivity index (χ4n) is 4.16. The molecule has 0 aromatic heterocycles. The number of carbonyl (C=O) groups excluding carboxylic acids is 2. The average molecular weight is 489 g/mol. The number of hydrogen-bond acceptors (Lipinski definition) is 5. The smallest absolute Gasteiger partial charge is 0.338 e. The number of aryl methyl sites for hydroxylation is 2. The summed E-state index contributed by atoms with van der Waals surface area (Å²) in [5.41, 5.74) is 3.36. The summed E-state index contributed by atoms with van der Waals surface area (Å²) in [6.07, 6.45) is 10.6. The molecule has 0 unspecified atom stereocenters. The number of benzene rings is 1. The van der Waals surface area contributed by atoms with E-state index in [-0.39, 0.29) is 31.0 Å². The van der Waals surface area contributed by atoms with Crippen molar-refractivity contribution in [1.29, 1.82) is 0 Å². The van der Waals surface area contributed by atoms with E-state index in [1.165, 1.54) is 0 Å². The van der Waals surface area contributed by atoms with Gasteiger partial charge < -0.3 is 14.5 Å². The quantitative estimate of drug-likeness (QED) is 0.291. The van der Waals surface area contributed by atoms with Gasteiger partial charge in [0, 0.05) is 23.5 Å². The molecular formula is C27H37ClN2O4. The summed E-state index contributed by atoms with van der Waals surface area (Å²) >= 11 is 6.66. The summed E-state index contributed by atoms with van der Waals surface area (Å²) in [5, 5.41) is 4.78. The standard InChI is InChI=1S/C27H37ClN2O4/c1-18(2)30(19(3)4)24(31)17-34-29-22-13-11-9-7-8-10-12-14-33-27(32)25-20(5)15-21(6)26(28)23(25)16-22/h8,10-11,13,15,18-19H,7,9,12,14,16-17H2,1-6H3/b10-8+,13-11+,29-22-. The van der Waals surface area contributed by atoms with Gasteiger partial charge in [0.25, 0.3) is 5.91 Å². The number of esters is 1. The topological polar surface area (TPSA) is 68.2 Å². The summed E-state index contributed by atoms with van der Waals surface area (Å²) in [6, 6.07) is 2.02. The first-order chi connectivity index (χ1) is 16.1. The molecule has 0 saturated carbocycles. The summed E-state index contributed by atoms with van der Waals surface area (Å²) < 4.78 is 5.52. The van der Waals surface area contributed by atoms with Crippen molar-refractivity contribution in [3.05, 3.63) is 57.6 Å². The van der Waals surface area contributed by atoms with Crippen LogP contribution in [0.4, 0.5) is 0 Å². The third-order valence-corrected chi connectivity index (χ3v) is 6.09. The number of cyclic esters (lactones) is 1. The number of ether oxygens (including phenoxy) is 1. The number of fused-ring (bicyclic) bond motifs is 1. The van der Waals surface area contributed by atoms with Crippen LogP contribution in [0.2, 0.25) is 5.02 Å². The van der Waals surface area contributed by atoms with Gasteiger partial charge >= 0.3 is 5.97 Å². The van der Waals surface area contributed by atoms with Gasteiger partial charge in [0.2, 0.25) is 0 Å². The van der Waals surface area contributed by atoms with Crippen LogP contribution in [0.5, 0.6) is 0 Å². The van der Waals surface area contributed by atoms with Crippen molar-refractivity contribution in [1.82, 2.24) is 4.90 Å². The first kappa shape index (κ1) is 27.6. The Bertz CT molecular complexity index is 956. The van der Waals surface area contributed by atoms with Gasteiger partial charge in [-0.25, -0.2) is 4.79 Å². The van der Waals surface area contributed by atoms with Crippen LogP contribution in [0.25, 0.3) is 0 Å². The Hall–Kier alpha value is -2.60. The maximum Gasteiger partial charge on any atom is 0.338 e. The summed E-state index contributed by atoms with van der Waals surface area (Å²) in [7, 11) is 0. The molecule has 0 bridgehead atoms. The lowest BCUT2D eigenvalue weighted by molar-refractivity contribution is -0.139. The third kappa shape index (κ3) is 7.73. The molecule has 0 aliphatic carbocycles. The molecule has 6 nitrogen and oxygen atoms in total. The zero-order valence-corrected chi connectivity index (χ0v) is 21.9. The highest BCUT2D eigenvalue weighted by molar-refractivity contribution is 6.33. The molecule has 2 rings (SSSR count). The maximum atomic E-state index is 12.9. The molecule has 1 aromatic carbocycles. The Labute approximate surface area is 208 Å². The molecule has 0 fully saturated rings. The van der Waals surface area contributed by atoms with E-state index in [9.17, 15) is 9.59 Å². The van der Waals surface area contributed by atoms with Gasteiger partial charge in [-0.3, -0.25) is 4.79 Å². The highest BCUT2D eigenvalue weighted by atomic mass is 35.5. The summed E-state index contributed by atoms with van der Waals surface area (Å²) in [6.45, 7) is 11.8. The minimum absolute atomic E-state index is 0.0636. The van der Waals surface area contributed by atoms with Crippen LogP contribution >= 0.6 is 11.6 Å². The molecule has 1 heterocycles. The van der Waals surface area contributed by atoms with Crippen molar-refractivity contribution in [2.75, 3.05) is 13.2 Å². The Balaban J connectivity index is 2.38. The number of hydrogen-bond donors (Lipinski definition) is 0. The first-order valence-electron chi connectivity index (χ1n) is 11.9. The zero-order valence-electron chi connectivity index (χ0n) is 21.2. The van der Waals surface area contributed by atoms with Crippen LogP contribution in [0, 0.1) is 13.8 Å². The van der Waals surface area contributed by atoms with E-state index in [0.29, 0.717) is 34.9 Å². The van der Waals surface area contributed by atoms with Crippen LogP contribution in [0.1, 0.15) is 74.0 Å². The van der Waals surface area contributed by atoms with Crippen LogP contribution < -0.4 is 0 Å². The highest BCUT2D eigenvalue weighted by Gasteiger charge is 2.23. The van der Waals surface area contributed by atoms with E-state index >= 15 is 0 Å². The highest BCUT2D eigenvalue weighted by Crippen LogP contribution is 2.29. The molecule has 7 heteroatoms. The molecule has 1 aliphatic heterocycles. The van der Waals surface area contributed by atoms with Crippen LogP contribution in [-0.4, -0.2) is 47.8 Å². The minimum atomic E-state index is -0.399. The first-order valence-corrected chi connectivity index (χ1v) is 12.3. The Morgan fingerprint density at radius 3 is 2.41 bits per heavy atom. The summed E-state index contributed by atoms with van der Waals surface area (Å²) in [4.78, 5) is 32.9. The number of carbonyl (C=O) groups is 2. The molecule has 1 aliphatic rings. The van der Waals surface area contributed by atoms with Gasteiger partial charge in [0.15, 0.2) is 6.61 Å². The van der Waals surface area contributed by atoms with Crippen molar-refractivity contribution >= 4 is 29.2 Å². The minimum Gasteiger partial charge on any atom is -0.462 e. The molecule has 34 heavy (non-hydrogen) atoms. The molecule has 1 aromatic rings. The molecule has 186 valence electrons. The summed E-state index contributed by atoms with van der Waals surface area (Å²) in [5.74, 6) is -0.526. The van der Waals surface area contributed by atoms with Crippen molar-refractivity contribution < 1.29 is 19.2 Å². The third-order valence-electron chi connectivity index (χ3n) is 5.57. The van der Waals surface area contributed by atoms with Crippen molar-refractivity contribution in [2.45, 2.75) is 79.3 Å². The number of amides is 1. The van der Waals surface area contributed by atoms with Crippen molar-refractivity contribution in [2.24, 2.45) is 5.16 Å². The molecule has 0 spiro atoms. The second kappa shape index (κ2) is 13.3. The van der Waals surface area contributed by atoms with Gasteiger partial charge in [-0.05, 0) is 83.6 Å².